The lowest BCUT2D eigenvalue weighted by Crippen LogP contribution is -2.68. The lowest BCUT2D eigenvalue weighted by molar-refractivity contribution is -0.159. The molecule has 0 aromatic rings. The maximum atomic E-state index is 12.6. The van der Waals surface area contributed by atoms with Crippen LogP contribution in [0.5, 0.6) is 0 Å². The van der Waals surface area contributed by atoms with E-state index >= 15 is 0 Å². The summed E-state index contributed by atoms with van der Waals surface area (Å²) in [6, 6.07) is -0.379. The molecule has 0 saturated carbocycles. The third-order valence-electron chi connectivity index (χ3n) is 4.88. The summed E-state index contributed by atoms with van der Waals surface area (Å²) in [5, 5.41) is 0. The lowest BCUT2D eigenvalue weighted by atomic mass is 9.65. The van der Waals surface area contributed by atoms with E-state index in [0.29, 0.717) is 0 Å². The number of likely N-dealkylation sites (N-methyl/N-ethyl adjacent to an activating group) is 2. The molecule has 0 aromatic carbocycles. The van der Waals surface area contributed by atoms with Gasteiger partial charge in [0.25, 0.3) is 0 Å². The Labute approximate surface area is 107 Å². The van der Waals surface area contributed by atoms with E-state index in [2.05, 4.69) is 0 Å². The Morgan fingerprint density at radius 2 is 1.22 bits per heavy atom. The Kier molecular flexibility index (Phi) is 1.95. The van der Waals surface area contributed by atoms with Crippen LogP contribution in [0.25, 0.3) is 0 Å². The van der Waals surface area contributed by atoms with Crippen LogP contribution in [-0.2, 0) is 9.59 Å². The number of carbonyl (C=O) groups excluding carboxylic acids is 2. The molecule has 1 aliphatic carbocycles. The summed E-state index contributed by atoms with van der Waals surface area (Å²) in [4.78, 5) is 28.6. The molecule has 1 fully saturated rings. The molecule has 0 aromatic heterocycles. The van der Waals surface area contributed by atoms with Gasteiger partial charge < -0.3 is 9.80 Å². The van der Waals surface area contributed by atoms with Gasteiger partial charge in [0.2, 0.25) is 11.8 Å². The fraction of sp³-hybridized carbons (Fsp3) is 0.571. The molecule has 5 aliphatic heterocycles. The number of rotatable bonds is 0. The van der Waals surface area contributed by atoms with Crippen LogP contribution >= 0.6 is 0 Å². The van der Waals surface area contributed by atoms with E-state index in [9.17, 15) is 9.59 Å². The maximum absolute atomic E-state index is 12.6. The molecule has 0 unspecified atom stereocenters. The van der Waals surface area contributed by atoms with Crippen molar-refractivity contribution in [2.24, 2.45) is 10.8 Å². The molecule has 4 heteroatoms. The highest BCUT2D eigenvalue weighted by atomic mass is 16.2. The average Bonchev–Trinajstić information content (AvgIpc) is 2.32. The van der Waals surface area contributed by atoms with Crippen molar-refractivity contribution < 1.29 is 9.59 Å². The monoisotopic (exact) mass is 246 g/mol. The molecule has 2 amide bonds. The standard InChI is InChI=1S/C14H18N2O2/c1-13-7-5-10(16(4)11(13)17)14(2)8-6-9(13)15(3)12(14)18/h5-10H,1-4H3/t9-,10-,13-,14+/m0/s1. The van der Waals surface area contributed by atoms with Gasteiger partial charge in [-0.2, -0.15) is 0 Å². The van der Waals surface area contributed by atoms with Gasteiger partial charge in [0, 0.05) is 14.1 Å². The van der Waals surface area contributed by atoms with Crippen molar-refractivity contribution in [2.75, 3.05) is 14.1 Å². The van der Waals surface area contributed by atoms with Crippen LogP contribution in [0.15, 0.2) is 24.3 Å². The predicted molar refractivity (Wildman–Crippen MR) is 67.6 cm³/mol. The third kappa shape index (κ3) is 1.02. The van der Waals surface area contributed by atoms with Gasteiger partial charge in [-0.3, -0.25) is 9.59 Å². The lowest BCUT2D eigenvalue weighted by Gasteiger charge is -2.55. The summed E-state index contributed by atoms with van der Waals surface area (Å²) in [6.45, 7) is 3.82. The van der Waals surface area contributed by atoms with E-state index in [0.717, 1.165) is 0 Å². The van der Waals surface area contributed by atoms with Crippen molar-refractivity contribution in [3.8, 4) is 0 Å². The number of carbonyl (C=O) groups is 2. The highest BCUT2D eigenvalue weighted by molar-refractivity contribution is 5.95. The first-order valence-electron chi connectivity index (χ1n) is 6.25. The average molecular weight is 246 g/mol. The molecule has 5 heterocycles. The van der Waals surface area contributed by atoms with Gasteiger partial charge in [0.15, 0.2) is 0 Å². The van der Waals surface area contributed by atoms with E-state index < -0.39 is 10.8 Å². The highest BCUT2D eigenvalue weighted by Gasteiger charge is 2.58. The molecule has 6 aliphatic rings. The Morgan fingerprint density at radius 1 is 0.889 bits per heavy atom. The molecule has 0 radical (unpaired) electrons. The van der Waals surface area contributed by atoms with Crippen molar-refractivity contribution in [1.29, 1.82) is 0 Å². The molecule has 4 bridgehead atoms. The number of nitrogens with zero attached hydrogens (tertiary/aromatic N) is 2. The summed E-state index contributed by atoms with van der Waals surface area (Å²) < 4.78 is 0. The minimum Gasteiger partial charge on any atom is -0.337 e. The maximum Gasteiger partial charge on any atom is 0.235 e. The predicted octanol–water partition coefficient (Wildman–Crippen LogP) is 0.806. The van der Waals surface area contributed by atoms with E-state index in [1.807, 2.05) is 38.2 Å². The summed E-state index contributed by atoms with van der Waals surface area (Å²) in [6.07, 6.45) is 8.00. The van der Waals surface area contributed by atoms with Gasteiger partial charge in [-0.15, -0.1) is 0 Å². The van der Waals surface area contributed by atoms with E-state index in [4.69, 9.17) is 0 Å². The topological polar surface area (TPSA) is 40.6 Å². The largest absolute Gasteiger partial charge is 0.337 e. The van der Waals surface area contributed by atoms with E-state index in [1.54, 1.807) is 23.9 Å². The second kappa shape index (κ2) is 3.05. The SMILES string of the molecule is CN1C(=O)[C@@]2(C)C=C[C@H]1[C@@]1(C)C=C[C@@H]2N(C)C1=O. The molecule has 6 rings (SSSR count). The van der Waals surface area contributed by atoms with Crippen LogP contribution in [0.3, 0.4) is 0 Å². The first-order valence-corrected chi connectivity index (χ1v) is 6.25. The van der Waals surface area contributed by atoms with Gasteiger partial charge >= 0.3 is 0 Å². The first-order chi connectivity index (χ1) is 8.32. The van der Waals surface area contributed by atoms with E-state index in [-0.39, 0.29) is 23.9 Å². The number of hydrogen-bond acceptors (Lipinski definition) is 2. The highest BCUT2D eigenvalue weighted by Crippen LogP contribution is 2.47. The fourth-order valence-corrected chi connectivity index (χ4v) is 3.65. The zero-order chi connectivity index (χ0) is 13.3. The molecular formula is C14H18N2O2. The Bertz CT molecular complexity index is 464. The molecule has 0 N–H and O–H groups in total. The van der Waals surface area contributed by atoms with Crippen LogP contribution < -0.4 is 0 Å². The number of hydrogen-bond donors (Lipinski definition) is 0. The Balaban J connectivity index is 2.30. The molecular weight excluding hydrogens is 228 g/mol. The van der Waals surface area contributed by atoms with Gasteiger partial charge in [-0.1, -0.05) is 24.3 Å². The van der Waals surface area contributed by atoms with Crippen molar-refractivity contribution in [1.82, 2.24) is 9.80 Å². The summed E-state index contributed by atoms with van der Waals surface area (Å²) in [7, 11) is 3.59. The zero-order valence-electron chi connectivity index (χ0n) is 11.2. The molecule has 4 nitrogen and oxygen atoms in total. The minimum absolute atomic E-state index is 0.0925. The molecule has 96 valence electrons. The minimum atomic E-state index is -0.645. The van der Waals surface area contributed by atoms with Crippen LogP contribution in [0, 0.1) is 10.8 Å². The second-order valence-corrected chi connectivity index (χ2v) is 6.01. The zero-order valence-corrected chi connectivity index (χ0v) is 11.2. The second-order valence-electron chi connectivity index (χ2n) is 6.01. The van der Waals surface area contributed by atoms with Crippen LogP contribution in [-0.4, -0.2) is 47.8 Å². The smallest absolute Gasteiger partial charge is 0.235 e. The summed E-state index contributed by atoms with van der Waals surface area (Å²) >= 11 is 0. The Morgan fingerprint density at radius 3 is 1.56 bits per heavy atom. The van der Waals surface area contributed by atoms with Gasteiger partial charge in [-0.05, 0) is 13.8 Å². The van der Waals surface area contributed by atoms with Crippen LogP contribution in [0.2, 0.25) is 0 Å². The summed E-state index contributed by atoms with van der Waals surface area (Å²) in [5.41, 5.74) is -1.29. The van der Waals surface area contributed by atoms with Crippen molar-refractivity contribution in [3.05, 3.63) is 24.3 Å². The van der Waals surface area contributed by atoms with Crippen molar-refractivity contribution in [2.45, 2.75) is 25.9 Å². The first kappa shape index (κ1) is 11.5. The van der Waals surface area contributed by atoms with Gasteiger partial charge in [0.1, 0.15) is 0 Å². The van der Waals surface area contributed by atoms with Gasteiger partial charge in [-0.25, -0.2) is 0 Å². The van der Waals surface area contributed by atoms with Crippen LogP contribution in [0.4, 0.5) is 0 Å². The molecule has 18 heavy (non-hydrogen) atoms. The third-order valence-corrected chi connectivity index (χ3v) is 4.88. The Hall–Kier alpha value is -1.58. The summed E-state index contributed by atoms with van der Waals surface area (Å²) in [5.74, 6) is 0.185. The normalized spacial score (nSPS) is 45.8. The van der Waals surface area contributed by atoms with Crippen LogP contribution in [0.1, 0.15) is 13.8 Å². The van der Waals surface area contributed by atoms with Crippen molar-refractivity contribution >= 4 is 11.8 Å². The van der Waals surface area contributed by atoms with Crippen molar-refractivity contribution in [3.63, 3.8) is 0 Å². The van der Waals surface area contributed by atoms with Gasteiger partial charge in [0.05, 0.1) is 22.9 Å². The quantitative estimate of drug-likeness (QED) is 0.593. The fourth-order valence-electron chi connectivity index (χ4n) is 3.65. The molecule has 1 saturated heterocycles. The number of amides is 2. The molecule has 0 spiro atoms. The molecule has 4 atom stereocenters. The van der Waals surface area contributed by atoms with E-state index in [1.165, 1.54) is 0 Å².